The molecule has 0 aromatic rings. The lowest BCUT2D eigenvalue weighted by Gasteiger charge is -2.33. The second-order valence-corrected chi connectivity index (χ2v) is 6.96. The Labute approximate surface area is 109 Å². The van der Waals surface area contributed by atoms with Gasteiger partial charge in [0.25, 0.3) is 0 Å². The van der Waals surface area contributed by atoms with Crippen molar-refractivity contribution in [2.24, 2.45) is 11.3 Å². The summed E-state index contributed by atoms with van der Waals surface area (Å²) >= 11 is 0. The van der Waals surface area contributed by atoms with Gasteiger partial charge in [0.1, 0.15) is 0 Å². The summed E-state index contributed by atoms with van der Waals surface area (Å²) in [5.74, 6) is 0.787. The third-order valence-corrected chi connectivity index (χ3v) is 3.73. The molecular formula is C15H34N2. The Morgan fingerprint density at radius 3 is 2.00 bits per heavy atom. The SMILES string of the molecule is CNC(CCN(C)C(C)CC(C)C)C(C)(C)C. The van der Waals surface area contributed by atoms with Crippen LogP contribution in [0.25, 0.3) is 0 Å². The van der Waals surface area contributed by atoms with Crippen LogP contribution in [-0.2, 0) is 0 Å². The molecule has 0 aromatic carbocycles. The van der Waals surface area contributed by atoms with Gasteiger partial charge in [-0.1, -0.05) is 34.6 Å². The Bertz CT molecular complexity index is 194. The summed E-state index contributed by atoms with van der Waals surface area (Å²) in [4.78, 5) is 2.50. The molecule has 0 aliphatic heterocycles. The summed E-state index contributed by atoms with van der Waals surface area (Å²) < 4.78 is 0. The van der Waals surface area contributed by atoms with Gasteiger partial charge in [-0.05, 0) is 51.7 Å². The highest BCUT2D eigenvalue weighted by molar-refractivity contribution is 4.80. The Morgan fingerprint density at radius 1 is 1.12 bits per heavy atom. The van der Waals surface area contributed by atoms with Gasteiger partial charge in [-0.3, -0.25) is 0 Å². The Balaban J connectivity index is 4.09. The van der Waals surface area contributed by atoms with E-state index in [1.807, 2.05) is 0 Å². The maximum Gasteiger partial charge on any atom is 0.0125 e. The van der Waals surface area contributed by atoms with E-state index >= 15 is 0 Å². The quantitative estimate of drug-likeness (QED) is 0.736. The van der Waals surface area contributed by atoms with Crippen LogP contribution in [-0.4, -0.2) is 37.6 Å². The van der Waals surface area contributed by atoms with Gasteiger partial charge in [-0.15, -0.1) is 0 Å². The van der Waals surface area contributed by atoms with Crippen molar-refractivity contribution in [2.75, 3.05) is 20.6 Å². The number of nitrogens with one attached hydrogen (secondary N) is 1. The molecule has 2 nitrogen and oxygen atoms in total. The van der Waals surface area contributed by atoms with Crippen molar-refractivity contribution in [1.82, 2.24) is 10.2 Å². The summed E-state index contributed by atoms with van der Waals surface area (Å²) in [7, 11) is 4.33. The predicted octanol–water partition coefficient (Wildman–Crippen LogP) is 3.38. The predicted molar refractivity (Wildman–Crippen MR) is 78.5 cm³/mol. The molecule has 0 heterocycles. The van der Waals surface area contributed by atoms with Crippen LogP contribution in [0.15, 0.2) is 0 Å². The van der Waals surface area contributed by atoms with Crippen LogP contribution in [0.5, 0.6) is 0 Å². The number of nitrogens with zero attached hydrogens (tertiary/aromatic N) is 1. The van der Waals surface area contributed by atoms with E-state index in [0.717, 1.165) is 5.92 Å². The van der Waals surface area contributed by atoms with Crippen molar-refractivity contribution in [3.63, 3.8) is 0 Å². The van der Waals surface area contributed by atoms with Crippen LogP contribution in [0.2, 0.25) is 0 Å². The van der Waals surface area contributed by atoms with E-state index in [1.54, 1.807) is 0 Å². The van der Waals surface area contributed by atoms with Crippen molar-refractivity contribution in [3.05, 3.63) is 0 Å². The first-order valence-corrected chi connectivity index (χ1v) is 7.06. The monoisotopic (exact) mass is 242 g/mol. The normalized spacial score (nSPS) is 16.6. The van der Waals surface area contributed by atoms with Gasteiger partial charge in [0.15, 0.2) is 0 Å². The van der Waals surface area contributed by atoms with E-state index in [2.05, 4.69) is 65.9 Å². The highest BCUT2D eigenvalue weighted by atomic mass is 15.1. The first kappa shape index (κ1) is 16.9. The second-order valence-electron chi connectivity index (χ2n) is 6.96. The van der Waals surface area contributed by atoms with Crippen LogP contribution >= 0.6 is 0 Å². The van der Waals surface area contributed by atoms with Crippen LogP contribution in [0, 0.1) is 11.3 Å². The average Bonchev–Trinajstić information content (AvgIpc) is 2.15. The van der Waals surface area contributed by atoms with Gasteiger partial charge >= 0.3 is 0 Å². The van der Waals surface area contributed by atoms with Crippen molar-refractivity contribution < 1.29 is 0 Å². The topological polar surface area (TPSA) is 15.3 Å². The van der Waals surface area contributed by atoms with Gasteiger partial charge < -0.3 is 10.2 Å². The van der Waals surface area contributed by atoms with Crippen LogP contribution in [0.1, 0.15) is 54.4 Å². The molecule has 0 rings (SSSR count). The molecule has 2 unspecified atom stereocenters. The number of rotatable bonds is 7. The molecule has 2 heteroatoms. The van der Waals surface area contributed by atoms with E-state index in [1.165, 1.54) is 19.4 Å². The fourth-order valence-electron chi connectivity index (χ4n) is 2.43. The van der Waals surface area contributed by atoms with Gasteiger partial charge in [0.2, 0.25) is 0 Å². The number of hydrogen-bond acceptors (Lipinski definition) is 2. The summed E-state index contributed by atoms with van der Waals surface area (Å²) in [6, 6.07) is 1.28. The lowest BCUT2D eigenvalue weighted by Crippen LogP contribution is -2.42. The minimum atomic E-state index is 0.344. The molecule has 0 saturated heterocycles. The largest absolute Gasteiger partial charge is 0.316 e. The molecule has 0 saturated carbocycles. The third-order valence-electron chi connectivity index (χ3n) is 3.73. The first-order valence-electron chi connectivity index (χ1n) is 7.06. The lowest BCUT2D eigenvalue weighted by molar-refractivity contribution is 0.189. The third kappa shape index (κ3) is 7.05. The highest BCUT2D eigenvalue weighted by Crippen LogP contribution is 2.22. The van der Waals surface area contributed by atoms with Gasteiger partial charge in [-0.25, -0.2) is 0 Å². The van der Waals surface area contributed by atoms with E-state index < -0.39 is 0 Å². The van der Waals surface area contributed by atoms with Crippen molar-refractivity contribution >= 4 is 0 Å². The summed E-state index contributed by atoms with van der Waals surface area (Å²) in [5, 5.41) is 3.45. The number of hydrogen-bond donors (Lipinski definition) is 1. The van der Waals surface area contributed by atoms with E-state index in [9.17, 15) is 0 Å². The Hall–Kier alpha value is -0.0800. The molecule has 0 aromatic heterocycles. The molecular weight excluding hydrogens is 208 g/mol. The molecule has 0 fully saturated rings. The molecule has 0 radical (unpaired) electrons. The minimum Gasteiger partial charge on any atom is -0.316 e. The zero-order valence-corrected chi connectivity index (χ0v) is 13.3. The van der Waals surface area contributed by atoms with Gasteiger partial charge in [-0.2, -0.15) is 0 Å². The smallest absolute Gasteiger partial charge is 0.0125 e. The van der Waals surface area contributed by atoms with Crippen molar-refractivity contribution in [1.29, 1.82) is 0 Å². The second kappa shape index (κ2) is 7.38. The zero-order valence-electron chi connectivity index (χ0n) is 13.3. The van der Waals surface area contributed by atoms with E-state index in [0.29, 0.717) is 17.5 Å². The Morgan fingerprint density at radius 2 is 1.65 bits per heavy atom. The Kier molecular flexibility index (Phi) is 7.34. The van der Waals surface area contributed by atoms with E-state index in [4.69, 9.17) is 0 Å². The van der Waals surface area contributed by atoms with Gasteiger partial charge in [0, 0.05) is 12.1 Å². The summed E-state index contributed by atoms with van der Waals surface area (Å²) in [6.07, 6.45) is 2.51. The molecule has 0 amide bonds. The standard InChI is InChI=1S/C15H34N2/c1-12(2)11-13(3)17(8)10-9-14(16-7)15(4,5)6/h12-14,16H,9-11H2,1-8H3. The maximum absolute atomic E-state index is 3.45. The highest BCUT2D eigenvalue weighted by Gasteiger charge is 2.23. The molecule has 1 N–H and O–H groups in total. The fraction of sp³-hybridized carbons (Fsp3) is 1.00. The van der Waals surface area contributed by atoms with Gasteiger partial charge in [0.05, 0.1) is 0 Å². The molecule has 0 bridgehead atoms. The molecule has 0 aliphatic rings. The molecule has 0 spiro atoms. The van der Waals surface area contributed by atoms with Crippen molar-refractivity contribution in [3.8, 4) is 0 Å². The fourth-order valence-corrected chi connectivity index (χ4v) is 2.43. The maximum atomic E-state index is 3.45. The summed E-state index contributed by atoms with van der Waals surface area (Å²) in [6.45, 7) is 15.1. The molecule has 2 atom stereocenters. The van der Waals surface area contributed by atoms with Crippen LogP contribution < -0.4 is 5.32 Å². The van der Waals surface area contributed by atoms with Crippen LogP contribution in [0.3, 0.4) is 0 Å². The van der Waals surface area contributed by atoms with Crippen molar-refractivity contribution in [2.45, 2.75) is 66.5 Å². The zero-order chi connectivity index (χ0) is 13.6. The van der Waals surface area contributed by atoms with Crippen LogP contribution in [0.4, 0.5) is 0 Å². The minimum absolute atomic E-state index is 0.344. The molecule has 0 aliphatic carbocycles. The molecule has 17 heavy (non-hydrogen) atoms. The average molecular weight is 242 g/mol. The lowest BCUT2D eigenvalue weighted by atomic mass is 9.84. The summed E-state index contributed by atoms with van der Waals surface area (Å²) in [5.41, 5.74) is 0.344. The van der Waals surface area contributed by atoms with E-state index in [-0.39, 0.29) is 0 Å². The first-order chi connectivity index (χ1) is 7.68. The molecule has 104 valence electrons.